The van der Waals surface area contributed by atoms with Gasteiger partial charge in [0, 0.05) is 49.8 Å². The fraction of sp³-hybridized carbons (Fsp3) is 0.333. The van der Waals surface area contributed by atoms with Crippen molar-refractivity contribution in [2.45, 2.75) is 20.3 Å². The number of carbonyl (C=O) groups excluding carboxylic acids is 2. The molecule has 1 saturated heterocycles. The molecule has 3 heterocycles. The second-order valence-corrected chi connectivity index (χ2v) is 9.18. The Hall–Kier alpha value is -3.38. The first-order chi connectivity index (χ1) is 15.9. The van der Waals surface area contributed by atoms with E-state index in [0.717, 1.165) is 53.8 Å². The molecule has 1 N–H and O–H groups in total. The van der Waals surface area contributed by atoms with Crippen molar-refractivity contribution in [3.8, 4) is 0 Å². The third-order valence-electron chi connectivity index (χ3n) is 7.04. The lowest BCUT2D eigenvalue weighted by Gasteiger charge is -2.34. The van der Waals surface area contributed by atoms with E-state index >= 15 is 0 Å². The molecule has 6 nitrogen and oxygen atoms in total. The van der Waals surface area contributed by atoms with Gasteiger partial charge in [-0.2, -0.15) is 0 Å². The number of hydrogen-bond acceptors (Lipinski definition) is 4. The molecule has 0 saturated carbocycles. The van der Waals surface area contributed by atoms with Crippen LogP contribution in [0.25, 0.3) is 16.5 Å². The zero-order valence-corrected chi connectivity index (χ0v) is 19.5. The number of H-pyrrole nitrogens is 1. The van der Waals surface area contributed by atoms with Crippen LogP contribution in [0.4, 0.5) is 0 Å². The van der Waals surface area contributed by atoms with E-state index < -0.39 is 0 Å². The Morgan fingerprint density at radius 3 is 2.42 bits per heavy atom. The van der Waals surface area contributed by atoms with E-state index in [9.17, 15) is 9.59 Å². The van der Waals surface area contributed by atoms with E-state index in [1.54, 1.807) is 0 Å². The fourth-order valence-corrected chi connectivity index (χ4v) is 4.82. The maximum Gasteiger partial charge on any atom is 0.277 e. The van der Waals surface area contributed by atoms with Gasteiger partial charge >= 0.3 is 0 Å². The summed E-state index contributed by atoms with van der Waals surface area (Å²) in [5.74, 6) is -0.352. The van der Waals surface area contributed by atoms with Gasteiger partial charge in [-0.3, -0.25) is 14.5 Å². The van der Waals surface area contributed by atoms with Gasteiger partial charge in [0.15, 0.2) is 0 Å². The van der Waals surface area contributed by atoms with Crippen LogP contribution in [-0.4, -0.2) is 71.3 Å². The van der Waals surface area contributed by atoms with E-state index in [0.29, 0.717) is 24.2 Å². The number of imide groups is 1. The molecule has 2 aromatic carbocycles. The molecule has 1 fully saturated rings. The predicted molar refractivity (Wildman–Crippen MR) is 131 cm³/mol. The molecule has 3 aromatic rings. The quantitative estimate of drug-likeness (QED) is 0.616. The Balaban J connectivity index is 1.47. The van der Waals surface area contributed by atoms with Gasteiger partial charge in [0.1, 0.15) is 5.70 Å². The SMILES string of the molecule is Cc1ccc(C2=C(N3CCN(C)CC3)C(=O)N(CCc3c[nH]c4ccccc34)C2=O)cc1C. The lowest BCUT2D eigenvalue weighted by Crippen LogP contribution is -2.46. The van der Waals surface area contributed by atoms with Crippen molar-refractivity contribution in [3.05, 3.63) is 76.6 Å². The molecule has 1 aromatic heterocycles. The van der Waals surface area contributed by atoms with E-state index in [1.807, 2.05) is 49.5 Å². The van der Waals surface area contributed by atoms with Gasteiger partial charge in [-0.05, 0) is 55.6 Å². The lowest BCUT2D eigenvalue weighted by molar-refractivity contribution is -0.137. The highest BCUT2D eigenvalue weighted by atomic mass is 16.2. The molecular weight excluding hydrogens is 412 g/mol. The normalized spacial score (nSPS) is 17.7. The number of fused-ring (bicyclic) bond motifs is 1. The van der Waals surface area contributed by atoms with Crippen LogP contribution in [0.2, 0.25) is 0 Å². The van der Waals surface area contributed by atoms with E-state index in [1.165, 1.54) is 10.5 Å². The number of rotatable bonds is 5. The standard InChI is InChI=1S/C27H30N4O2/c1-18-8-9-20(16-19(18)2)24-25(30-14-12-29(3)13-15-30)27(33)31(26(24)32)11-10-21-17-28-23-7-5-4-6-22(21)23/h4-9,16-17,28H,10-15H2,1-3H3. The molecule has 0 spiro atoms. The van der Waals surface area contributed by atoms with Crippen LogP contribution in [0.1, 0.15) is 22.3 Å². The minimum atomic E-state index is -0.183. The zero-order chi connectivity index (χ0) is 23.1. The maximum absolute atomic E-state index is 13.7. The number of likely N-dealkylation sites (N-methyl/N-ethyl adjacent to an activating group) is 1. The summed E-state index contributed by atoms with van der Waals surface area (Å²) in [7, 11) is 2.09. The van der Waals surface area contributed by atoms with Gasteiger partial charge < -0.3 is 14.8 Å². The van der Waals surface area contributed by atoms with Crippen molar-refractivity contribution < 1.29 is 9.59 Å². The summed E-state index contributed by atoms with van der Waals surface area (Å²) < 4.78 is 0. The maximum atomic E-state index is 13.7. The molecule has 2 aliphatic heterocycles. The van der Waals surface area contributed by atoms with Gasteiger partial charge in [-0.15, -0.1) is 0 Å². The van der Waals surface area contributed by atoms with Crippen LogP contribution in [0.5, 0.6) is 0 Å². The number of aryl methyl sites for hydroxylation is 2. The molecule has 6 heteroatoms. The van der Waals surface area contributed by atoms with Crippen LogP contribution < -0.4 is 0 Å². The van der Waals surface area contributed by atoms with Crippen molar-refractivity contribution in [2.24, 2.45) is 0 Å². The number of aromatic amines is 1. The second-order valence-electron chi connectivity index (χ2n) is 9.18. The summed E-state index contributed by atoms with van der Waals surface area (Å²) in [6.07, 6.45) is 2.60. The Labute approximate surface area is 194 Å². The number of benzene rings is 2. The minimum absolute atomic E-state index is 0.169. The molecule has 2 aliphatic rings. The minimum Gasteiger partial charge on any atom is -0.364 e. The van der Waals surface area contributed by atoms with Gasteiger partial charge in [-0.1, -0.05) is 36.4 Å². The highest BCUT2D eigenvalue weighted by Gasteiger charge is 2.41. The molecule has 170 valence electrons. The Bertz CT molecular complexity index is 1260. The number of piperazine rings is 1. The highest BCUT2D eigenvalue weighted by molar-refractivity contribution is 6.35. The zero-order valence-electron chi connectivity index (χ0n) is 19.5. The molecule has 5 rings (SSSR count). The number of nitrogens with zero attached hydrogens (tertiary/aromatic N) is 3. The van der Waals surface area contributed by atoms with E-state index in [2.05, 4.69) is 34.8 Å². The monoisotopic (exact) mass is 442 g/mol. The second kappa shape index (κ2) is 8.52. The summed E-state index contributed by atoms with van der Waals surface area (Å²) in [6.45, 7) is 7.71. The van der Waals surface area contributed by atoms with Crippen LogP contribution in [0.15, 0.2) is 54.4 Å². The molecule has 0 bridgehead atoms. The van der Waals surface area contributed by atoms with Crippen LogP contribution in [0, 0.1) is 13.8 Å². The lowest BCUT2D eigenvalue weighted by atomic mass is 9.99. The van der Waals surface area contributed by atoms with E-state index in [-0.39, 0.29) is 11.8 Å². The van der Waals surface area contributed by atoms with Crippen LogP contribution in [-0.2, 0) is 16.0 Å². The number of amides is 2. The van der Waals surface area contributed by atoms with Gasteiger partial charge in [0.2, 0.25) is 0 Å². The molecule has 2 amide bonds. The number of carbonyl (C=O) groups is 2. The molecule has 0 radical (unpaired) electrons. The molecule has 33 heavy (non-hydrogen) atoms. The van der Waals surface area contributed by atoms with Crippen LogP contribution >= 0.6 is 0 Å². The summed E-state index contributed by atoms with van der Waals surface area (Å²) in [6, 6.07) is 14.2. The van der Waals surface area contributed by atoms with Crippen molar-refractivity contribution in [1.29, 1.82) is 0 Å². The smallest absolute Gasteiger partial charge is 0.277 e. The molecule has 0 atom stereocenters. The molecular formula is C27H30N4O2. The fourth-order valence-electron chi connectivity index (χ4n) is 4.82. The highest BCUT2D eigenvalue weighted by Crippen LogP contribution is 2.33. The molecule has 0 aliphatic carbocycles. The average molecular weight is 443 g/mol. The molecule has 0 unspecified atom stereocenters. The number of hydrogen-bond donors (Lipinski definition) is 1. The van der Waals surface area contributed by atoms with Gasteiger partial charge in [0.05, 0.1) is 5.57 Å². The van der Waals surface area contributed by atoms with Crippen molar-refractivity contribution >= 4 is 28.3 Å². The summed E-state index contributed by atoms with van der Waals surface area (Å²) in [5.41, 5.74) is 6.43. The predicted octanol–water partition coefficient (Wildman–Crippen LogP) is 3.35. The van der Waals surface area contributed by atoms with Gasteiger partial charge in [-0.25, -0.2) is 0 Å². The Morgan fingerprint density at radius 2 is 1.67 bits per heavy atom. The van der Waals surface area contributed by atoms with Crippen molar-refractivity contribution in [1.82, 2.24) is 19.7 Å². The average Bonchev–Trinajstić information content (AvgIpc) is 3.33. The number of para-hydroxylation sites is 1. The first-order valence-corrected chi connectivity index (χ1v) is 11.6. The van der Waals surface area contributed by atoms with Crippen molar-refractivity contribution in [3.63, 3.8) is 0 Å². The Morgan fingerprint density at radius 1 is 0.909 bits per heavy atom. The topological polar surface area (TPSA) is 59.6 Å². The first kappa shape index (κ1) is 21.5. The summed E-state index contributed by atoms with van der Waals surface area (Å²) in [5, 5.41) is 1.14. The summed E-state index contributed by atoms with van der Waals surface area (Å²) >= 11 is 0. The number of nitrogens with one attached hydrogen (secondary N) is 1. The third-order valence-corrected chi connectivity index (χ3v) is 7.04. The van der Waals surface area contributed by atoms with Crippen molar-refractivity contribution in [2.75, 3.05) is 39.8 Å². The largest absolute Gasteiger partial charge is 0.364 e. The third kappa shape index (κ3) is 3.85. The first-order valence-electron chi connectivity index (χ1n) is 11.6. The van der Waals surface area contributed by atoms with E-state index in [4.69, 9.17) is 0 Å². The Kier molecular flexibility index (Phi) is 5.54. The van der Waals surface area contributed by atoms with Crippen LogP contribution in [0.3, 0.4) is 0 Å². The summed E-state index contributed by atoms with van der Waals surface area (Å²) in [4.78, 5) is 36.4. The number of aromatic nitrogens is 1. The van der Waals surface area contributed by atoms with Gasteiger partial charge in [0.25, 0.3) is 11.8 Å².